The summed E-state index contributed by atoms with van der Waals surface area (Å²) in [5, 5.41) is 3.22. The van der Waals surface area contributed by atoms with E-state index in [-0.39, 0.29) is 11.9 Å². The lowest BCUT2D eigenvalue weighted by Crippen LogP contribution is -2.31. The molecule has 0 heterocycles. The van der Waals surface area contributed by atoms with Crippen LogP contribution < -0.4 is 5.32 Å². The van der Waals surface area contributed by atoms with Crippen molar-refractivity contribution in [1.82, 2.24) is 5.32 Å². The second kappa shape index (κ2) is 8.21. The maximum atomic E-state index is 12.2. The van der Waals surface area contributed by atoms with E-state index in [4.69, 9.17) is 0 Å². The minimum atomic E-state index is 0.173. The Bertz CT molecular complexity index is 641. The van der Waals surface area contributed by atoms with Crippen molar-refractivity contribution >= 4 is 17.7 Å². The summed E-state index contributed by atoms with van der Waals surface area (Å²) in [5.41, 5.74) is 4.02. The summed E-state index contributed by atoms with van der Waals surface area (Å²) >= 11 is 1.82. The maximum absolute atomic E-state index is 12.2. The number of hydrogen-bond donors (Lipinski definition) is 1. The van der Waals surface area contributed by atoms with Gasteiger partial charge in [-0.1, -0.05) is 54.6 Å². The van der Waals surface area contributed by atoms with E-state index in [1.54, 1.807) is 0 Å². The highest BCUT2D eigenvalue weighted by atomic mass is 32.2. The van der Waals surface area contributed by atoms with Crippen LogP contribution in [0.25, 0.3) is 0 Å². The number of nitrogens with one attached hydrogen (secondary N) is 1. The van der Waals surface area contributed by atoms with Gasteiger partial charge in [0.05, 0.1) is 6.04 Å². The molecule has 2 aromatic rings. The van der Waals surface area contributed by atoms with Crippen molar-refractivity contribution in [2.45, 2.75) is 37.5 Å². The number of thioether (sulfide) groups is 1. The second-order valence-corrected chi connectivity index (χ2v) is 7.10. The van der Waals surface area contributed by atoms with Crippen molar-refractivity contribution in [2.75, 3.05) is 5.75 Å². The van der Waals surface area contributed by atoms with Crippen molar-refractivity contribution in [1.29, 1.82) is 0 Å². The van der Waals surface area contributed by atoms with Crippen LogP contribution in [0.5, 0.6) is 0 Å². The Morgan fingerprint density at radius 3 is 2.74 bits per heavy atom. The van der Waals surface area contributed by atoms with Crippen molar-refractivity contribution in [2.24, 2.45) is 0 Å². The Labute approximate surface area is 142 Å². The average Bonchev–Trinajstić information content (AvgIpc) is 2.60. The lowest BCUT2D eigenvalue weighted by Gasteiger charge is -2.26. The molecule has 2 aromatic carbocycles. The van der Waals surface area contributed by atoms with Gasteiger partial charge in [0.1, 0.15) is 0 Å². The third kappa shape index (κ3) is 4.61. The molecule has 1 amide bonds. The van der Waals surface area contributed by atoms with E-state index in [1.165, 1.54) is 16.7 Å². The zero-order valence-electron chi connectivity index (χ0n) is 13.3. The molecule has 0 unspecified atom stereocenters. The van der Waals surface area contributed by atoms with Crippen LogP contribution in [0.15, 0.2) is 54.6 Å². The number of rotatable bonds is 6. The number of hydrogen-bond acceptors (Lipinski definition) is 2. The van der Waals surface area contributed by atoms with Gasteiger partial charge in [0, 0.05) is 17.9 Å². The van der Waals surface area contributed by atoms with Gasteiger partial charge < -0.3 is 5.32 Å². The van der Waals surface area contributed by atoms with Gasteiger partial charge in [0.15, 0.2) is 0 Å². The van der Waals surface area contributed by atoms with E-state index in [1.807, 2.05) is 17.8 Å². The number of carbonyl (C=O) groups excluding carboxylic acids is 1. The summed E-state index contributed by atoms with van der Waals surface area (Å²) in [6.45, 7) is 0. The molecule has 23 heavy (non-hydrogen) atoms. The molecule has 3 rings (SSSR count). The van der Waals surface area contributed by atoms with Crippen LogP contribution in [0.3, 0.4) is 0 Å². The second-order valence-electron chi connectivity index (χ2n) is 6.00. The molecule has 120 valence electrons. The molecule has 0 fully saturated rings. The van der Waals surface area contributed by atoms with Gasteiger partial charge in [-0.15, -0.1) is 0 Å². The number of carbonyl (C=O) groups is 1. The summed E-state index contributed by atoms with van der Waals surface area (Å²) in [5.74, 6) is 2.02. The third-order valence-electron chi connectivity index (χ3n) is 4.29. The number of amides is 1. The van der Waals surface area contributed by atoms with Gasteiger partial charge in [-0.2, -0.15) is 11.8 Å². The SMILES string of the molecule is O=C(CCSCc1ccccc1)N[C@@H]1CCCc2ccccc21. The topological polar surface area (TPSA) is 29.1 Å². The number of fused-ring (bicyclic) bond motifs is 1. The summed E-state index contributed by atoms with van der Waals surface area (Å²) in [4.78, 5) is 12.2. The van der Waals surface area contributed by atoms with Gasteiger partial charge in [-0.25, -0.2) is 0 Å². The largest absolute Gasteiger partial charge is 0.349 e. The summed E-state index contributed by atoms with van der Waals surface area (Å²) in [6.07, 6.45) is 3.94. The molecule has 0 radical (unpaired) electrons. The molecular formula is C20H23NOS. The van der Waals surface area contributed by atoms with Crippen molar-refractivity contribution in [3.63, 3.8) is 0 Å². The van der Waals surface area contributed by atoms with E-state index < -0.39 is 0 Å². The maximum Gasteiger partial charge on any atom is 0.221 e. The molecule has 2 nitrogen and oxygen atoms in total. The van der Waals surface area contributed by atoms with Gasteiger partial charge >= 0.3 is 0 Å². The molecule has 3 heteroatoms. The Morgan fingerprint density at radius 2 is 1.87 bits per heavy atom. The normalized spacial score (nSPS) is 16.6. The first kappa shape index (κ1) is 16.1. The fraction of sp³-hybridized carbons (Fsp3) is 0.350. The zero-order chi connectivity index (χ0) is 15.9. The van der Waals surface area contributed by atoms with Crippen molar-refractivity contribution in [3.8, 4) is 0 Å². The molecule has 1 aliphatic carbocycles. The Morgan fingerprint density at radius 1 is 1.09 bits per heavy atom. The highest BCUT2D eigenvalue weighted by Crippen LogP contribution is 2.29. The van der Waals surface area contributed by atoms with Gasteiger partial charge in [-0.05, 0) is 36.0 Å². The van der Waals surface area contributed by atoms with Crippen LogP contribution in [0.4, 0.5) is 0 Å². The predicted molar refractivity (Wildman–Crippen MR) is 97.5 cm³/mol. The van der Waals surface area contributed by atoms with Crippen molar-refractivity contribution < 1.29 is 4.79 Å². The Balaban J connectivity index is 1.43. The van der Waals surface area contributed by atoms with Crippen LogP contribution in [0.2, 0.25) is 0 Å². The summed E-state index contributed by atoms with van der Waals surface area (Å²) in [7, 11) is 0. The minimum Gasteiger partial charge on any atom is -0.349 e. The molecule has 1 aliphatic rings. The van der Waals surface area contributed by atoms with E-state index >= 15 is 0 Å². The van der Waals surface area contributed by atoms with E-state index in [0.717, 1.165) is 30.8 Å². The first-order chi connectivity index (χ1) is 11.3. The molecular weight excluding hydrogens is 302 g/mol. The molecule has 0 bridgehead atoms. The highest BCUT2D eigenvalue weighted by Gasteiger charge is 2.20. The van der Waals surface area contributed by atoms with E-state index in [9.17, 15) is 4.79 Å². The summed E-state index contributed by atoms with van der Waals surface area (Å²) < 4.78 is 0. The predicted octanol–water partition coefficient (Wildman–Crippen LogP) is 4.50. The van der Waals surface area contributed by atoms with Crippen LogP contribution in [0.1, 0.15) is 42.0 Å². The zero-order valence-corrected chi connectivity index (χ0v) is 14.1. The number of aryl methyl sites for hydroxylation is 1. The fourth-order valence-electron chi connectivity index (χ4n) is 3.10. The molecule has 0 aliphatic heterocycles. The lowest BCUT2D eigenvalue weighted by atomic mass is 9.88. The Hall–Kier alpha value is -1.74. The first-order valence-electron chi connectivity index (χ1n) is 8.32. The standard InChI is InChI=1S/C20H23NOS/c22-20(13-14-23-15-16-7-2-1-3-8-16)21-19-12-6-10-17-9-4-5-11-18(17)19/h1-5,7-9,11,19H,6,10,12-15H2,(H,21,22)/t19-/m1/s1. The highest BCUT2D eigenvalue weighted by molar-refractivity contribution is 7.98. The van der Waals surface area contributed by atoms with E-state index in [2.05, 4.69) is 53.8 Å². The van der Waals surface area contributed by atoms with Gasteiger partial charge in [-0.3, -0.25) is 4.79 Å². The molecule has 1 N–H and O–H groups in total. The number of benzene rings is 2. The van der Waals surface area contributed by atoms with Crippen LogP contribution >= 0.6 is 11.8 Å². The minimum absolute atomic E-state index is 0.173. The molecule has 0 saturated heterocycles. The molecule has 0 spiro atoms. The Kier molecular flexibility index (Phi) is 5.76. The van der Waals surface area contributed by atoms with Gasteiger partial charge in [0.25, 0.3) is 0 Å². The average molecular weight is 325 g/mol. The van der Waals surface area contributed by atoms with E-state index in [0.29, 0.717) is 6.42 Å². The third-order valence-corrected chi connectivity index (χ3v) is 5.32. The molecule has 1 atom stereocenters. The summed E-state index contributed by atoms with van der Waals surface area (Å²) in [6, 6.07) is 19.1. The smallest absolute Gasteiger partial charge is 0.221 e. The van der Waals surface area contributed by atoms with Crippen LogP contribution in [0, 0.1) is 0 Å². The quantitative estimate of drug-likeness (QED) is 0.792. The lowest BCUT2D eigenvalue weighted by molar-refractivity contribution is -0.121. The van der Waals surface area contributed by atoms with Crippen molar-refractivity contribution in [3.05, 3.63) is 71.3 Å². The van der Waals surface area contributed by atoms with Gasteiger partial charge in [0.2, 0.25) is 5.91 Å². The van der Waals surface area contributed by atoms with Crippen LogP contribution in [-0.4, -0.2) is 11.7 Å². The first-order valence-corrected chi connectivity index (χ1v) is 9.47. The molecule has 0 aromatic heterocycles. The van der Waals surface area contributed by atoms with Crippen LogP contribution in [-0.2, 0) is 17.0 Å². The molecule has 0 saturated carbocycles. The fourth-order valence-corrected chi connectivity index (χ4v) is 4.00. The monoisotopic (exact) mass is 325 g/mol.